The van der Waals surface area contributed by atoms with Crippen molar-refractivity contribution < 1.29 is 28.6 Å². The number of rotatable bonds is 60. The molecule has 0 aliphatic carbocycles. The Balaban J connectivity index is 4.14. The van der Waals surface area contributed by atoms with Crippen LogP contribution < -0.4 is 0 Å². The topological polar surface area (TPSA) is 78.9 Å². The van der Waals surface area contributed by atoms with E-state index in [1.165, 1.54) is 128 Å². The van der Waals surface area contributed by atoms with Crippen molar-refractivity contribution >= 4 is 17.9 Å². The molecule has 0 spiro atoms. The highest BCUT2D eigenvalue weighted by Crippen LogP contribution is 2.16. The fourth-order valence-electron chi connectivity index (χ4n) is 9.18. The van der Waals surface area contributed by atoms with Gasteiger partial charge < -0.3 is 14.2 Å². The first-order valence-electron chi connectivity index (χ1n) is 33.7. The summed E-state index contributed by atoms with van der Waals surface area (Å²) >= 11 is 0. The van der Waals surface area contributed by atoms with Crippen LogP contribution in [0.15, 0.2) is 134 Å². The van der Waals surface area contributed by atoms with E-state index in [0.717, 1.165) is 135 Å². The van der Waals surface area contributed by atoms with E-state index in [9.17, 15) is 14.4 Å². The van der Waals surface area contributed by atoms with Gasteiger partial charge in [-0.3, -0.25) is 14.4 Å². The second kappa shape index (κ2) is 68.1. The second-order valence-corrected chi connectivity index (χ2v) is 22.0. The van der Waals surface area contributed by atoms with Crippen molar-refractivity contribution in [1.82, 2.24) is 0 Å². The van der Waals surface area contributed by atoms with Crippen molar-refractivity contribution in [3.8, 4) is 0 Å². The van der Waals surface area contributed by atoms with E-state index < -0.39 is 6.10 Å². The number of carbonyl (C=O) groups excluding carboxylic acids is 3. The fraction of sp³-hybridized carbons (Fsp3) is 0.667. The molecule has 0 aliphatic heterocycles. The van der Waals surface area contributed by atoms with Gasteiger partial charge in [0.25, 0.3) is 0 Å². The standard InChI is InChI=1S/C75H124O6/c1-4-7-10-13-16-19-21-23-25-27-29-30-31-32-33-34-35-36-37-38-39-40-41-42-43-44-46-47-49-51-53-56-59-62-65-68-74(77)80-71-72(70-79-73(76)67-64-61-58-55-18-15-12-9-6-3)81-75(78)69-66-63-60-57-54-52-50-48-45-28-26-24-22-20-17-14-11-8-5-2/h7-8,10-11,16-17,19-20,23-26,29-30,32-33,35-36,45,48,52,54,72H,4-6,9,12-15,18,21-22,27-28,31,34,37-44,46-47,49-51,53,55-71H2,1-3H3/b10-7-,11-8-,19-16-,20-17-,25-23-,26-24-,30-29-,33-32-,36-35-,48-45-,54-52-. The molecule has 0 bridgehead atoms. The van der Waals surface area contributed by atoms with Gasteiger partial charge in [-0.05, 0) is 116 Å². The molecule has 0 aliphatic rings. The van der Waals surface area contributed by atoms with Gasteiger partial charge in [0, 0.05) is 19.3 Å². The summed E-state index contributed by atoms with van der Waals surface area (Å²) in [5, 5.41) is 0. The maximum absolute atomic E-state index is 12.9. The molecule has 0 N–H and O–H groups in total. The van der Waals surface area contributed by atoms with Crippen molar-refractivity contribution in [2.24, 2.45) is 0 Å². The normalized spacial score (nSPS) is 13.0. The third-order valence-corrected chi connectivity index (χ3v) is 14.2. The molecule has 0 radical (unpaired) electrons. The summed E-state index contributed by atoms with van der Waals surface area (Å²) in [5.41, 5.74) is 0. The largest absolute Gasteiger partial charge is 0.462 e. The van der Waals surface area contributed by atoms with Crippen molar-refractivity contribution in [3.63, 3.8) is 0 Å². The Morgan fingerprint density at radius 2 is 0.481 bits per heavy atom. The maximum Gasteiger partial charge on any atom is 0.306 e. The van der Waals surface area contributed by atoms with E-state index >= 15 is 0 Å². The third-order valence-electron chi connectivity index (χ3n) is 14.2. The summed E-state index contributed by atoms with van der Waals surface area (Å²) in [5.74, 6) is -0.920. The number of hydrogen-bond acceptors (Lipinski definition) is 6. The van der Waals surface area contributed by atoms with Crippen LogP contribution in [0.2, 0.25) is 0 Å². The summed E-state index contributed by atoms with van der Waals surface area (Å²) in [6.07, 6.45) is 96.3. The molecule has 81 heavy (non-hydrogen) atoms. The molecule has 1 unspecified atom stereocenters. The van der Waals surface area contributed by atoms with Crippen LogP contribution in [-0.2, 0) is 28.6 Å². The minimum Gasteiger partial charge on any atom is -0.462 e. The molecule has 0 aromatic carbocycles. The Hall–Kier alpha value is -4.45. The van der Waals surface area contributed by atoms with Crippen molar-refractivity contribution in [2.75, 3.05) is 13.2 Å². The zero-order valence-corrected chi connectivity index (χ0v) is 52.8. The van der Waals surface area contributed by atoms with Crippen LogP contribution in [0.5, 0.6) is 0 Å². The summed E-state index contributed by atoms with van der Waals surface area (Å²) in [4.78, 5) is 38.2. The van der Waals surface area contributed by atoms with Gasteiger partial charge in [-0.25, -0.2) is 0 Å². The number of esters is 3. The van der Waals surface area contributed by atoms with E-state index in [-0.39, 0.29) is 37.5 Å². The molecule has 0 heterocycles. The summed E-state index contributed by atoms with van der Waals surface area (Å²) < 4.78 is 16.9. The van der Waals surface area contributed by atoms with E-state index in [1.807, 2.05) is 0 Å². The zero-order valence-electron chi connectivity index (χ0n) is 52.8. The predicted molar refractivity (Wildman–Crippen MR) is 353 cm³/mol. The monoisotopic (exact) mass is 1120 g/mol. The summed E-state index contributed by atoms with van der Waals surface area (Å²) in [6.45, 7) is 6.38. The van der Waals surface area contributed by atoms with Crippen LogP contribution in [-0.4, -0.2) is 37.2 Å². The van der Waals surface area contributed by atoms with Crippen molar-refractivity contribution in [3.05, 3.63) is 134 Å². The first-order valence-corrected chi connectivity index (χ1v) is 33.7. The molecule has 0 fully saturated rings. The Kier molecular flexibility index (Phi) is 64.3. The van der Waals surface area contributed by atoms with Crippen LogP contribution in [0.4, 0.5) is 0 Å². The average molecular weight is 1120 g/mol. The van der Waals surface area contributed by atoms with E-state index in [0.29, 0.717) is 12.8 Å². The van der Waals surface area contributed by atoms with Gasteiger partial charge in [-0.15, -0.1) is 0 Å². The Morgan fingerprint density at radius 3 is 0.765 bits per heavy atom. The first-order chi connectivity index (χ1) is 40.0. The molecule has 1 atom stereocenters. The number of carbonyl (C=O) groups is 3. The highest BCUT2D eigenvalue weighted by Gasteiger charge is 2.19. The summed E-state index contributed by atoms with van der Waals surface area (Å²) in [7, 11) is 0. The van der Waals surface area contributed by atoms with E-state index in [2.05, 4.69) is 154 Å². The number of ether oxygens (including phenoxy) is 3. The number of unbranched alkanes of at least 4 members (excludes halogenated alkanes) is 27. The number of allylic oxidation sites excluding steroid dienone is 22. The Labute approximate surface area is 500 Å². The SMILES string of the molecule is CC/C=C\C/C=C\C/C=C\C/C=C\C/C=C\C/C=C\CCCCCCCCCCCCCCCCCCC(=O)OCC(COC(=O)CCCCCCCCCCC)OC(=O)CCCCC/C=C\C/C=C\C/C=C\C/C=C\C/C=C\CC. The van der Waals surface area contributed by atoms with E-state index in [4.69, 9.17) is 14.2 Å². The van der Waals surface area contributed by atoms with E-state index in [1.54, 1.807) is 0 Å². The molecule has 6 nitrogen and oxygen atoms in total. The Morgan fingerprint density at radius 1 is 0.259 bits per heavy atom. The lowest BCUT2D eigenvalue weighted by molar-refractivity contribution is -0.167. The van der Waals surface area contributed by atoms with Gasteiger partial charge >= 0.3 is 17.9 Å². The van der Waals surface area contributed by atoms with Crippen LogP contribution in [0.3, 0.4) is 0 Å². The minimum absolute atomic E-state index is 0.0906. The summed E-state index contributed by atoms with van der Waals surface area (Å²) in [6, 6.07) is 0. The highest BCUT2D eigenvalue weighted by molar-refractivity contribution is 5.71. The molecule has 6 heteroatoms. The molecule has 0 saturated heterocycles. The molecular formula is C75H124O6. The molecule has 0 aromatic heterocycles. The van der Waals surface area contributed by atoms with Crippen LogP contribution in [0.25, 0.3) is 0 Å². The van der Waals surface area contributed by atoms with Crippen LogP contribution in [0, 0.1) is 0 Å². The Bertz CT molecular complexity index is 1720. The van der Waals surface area contributed by atoms with Crippen LogP contribution in [0.1, 0.15) is 303 Å². The molecule has 0 saturated carbocycles. The fourth-order valence-corrected chi connectivity index (χ4v) is 9.18. The molecule has 0 rings (SSSR count). The number of hydrogen-bond donors (Lipinski definition) is 0. The van der Waals surface area contributed by atoms with Gasteiger partial charge in [0.15, 0.2) is 6.10 Å². The molecule has 0 aromatic rings. The molecule has 0 amide bonds. The maximum atomic E-state index is 12.9. The van der Waals surface area contributed by atoms with Crippen molar-refractivity contribution in [2.45, 2.75) is 309 Å². The average Bonchev–Trinajstić information content (AvgIpc) is 3.47. The van der Waals surface area contributed by atoms with Gasteiger partial charge in [0.05, 0.1) is 0 Å². The predicted octanol–water partition coefficient (Wildman–Crippen LogP) is 23.3. The second-order valence-electron chi connectivity index (χ2n) is 22.0. The lowest BCUT2D eigenvalue weighted by Gasteiger charge is -2.18. The highest BCUT2D eigenvalue weighted by atomic mass is 16.6. The molecule has 460 valence electrons. The lowest BCUT2D eigenvalue weighted by Crippen LogP contribution is -2.30. The van der Waals surface area contributed by atoms with Crippen LogP contribution >= 0.6 is 0 Å². The lowest BCUT2D eigenvalue weighted by atomic mass is 10.0. The zero-order chi connectivity index (χ0) is 58.5. The quantitative estimate of drug-likeness (QED) is 0.0261. The minimum atomic E-state index is -0.796. The first kappa shape index (κ1) is 76.5. The van der Waals surface area contributed by atoms with Gasteiger partial charge in [0.1, 0.15) is 13.2 Å². The van der Waals surface area contributed by atoms with Crippen molar-refractivity contribution in [1.29, 1.82) is 0 Å². The smallest absolute Gasteiger partial charge is 0.306 e. The van der Waals surface area contributed by atoms with Gasteiger partial charge in [-0.2, -0.15) is 0 Å². The third kappa shape index (κ3) is 66.2. The molecular weight excluding hydrogens is 997 g/mol. The van der Waals surface area contributed by atoms with Gasteiger partial charge in [0.2, 0.25) is 0 Å². The van der Waals surface area contributed by atoms with Gasteiger partial charge in [-0.1, -0.05) is 302 Å².